The van der Waals surface area contributed by atoms with Crippen LogP contribution in [0.15, 0.2) is 48.5 Å². The molecule has 0 saturated heterocycles. The molecule has 0 fully saturated rings. The summed E-state index contributed by atoms with van der Waals surface area (Å²) in [5.74, 6) is -0.358. The van der Waals surface area contributed by atoms with Crippen LogP contribution in [0, 0.1) is 0 Å². The molecule has 0 radical (unpaired) electrons. The van der Waals surface area contributed by atoms with Crippen LogP contribution in [-0.2, 0) is 14.3 Å². The Morgan fingerprint density at radius 2 is 1.86 bits per heavy atom. The van der Waals surface area contributed by atoms with Gasteiger partial charge in [-0.05, 0) is 50.2 Å². The summed E-state index contributed by atoms with van der Waals surface area (Å²) in [5.41, 5.74) is 1.50. The van der Waals surface area contributed by atoms with Gasteiger partial charge in [-0.1, -0.05) is 12.1 Å². The lowest BCUT2D eigenvalue weighted by atomic mass is 10.2. The van der Waals surface area contributed by atoms with Gasteiger partial charge in [-0.15, -0.1) is 0 Å². The second-order valence-electron chi connectivity index (χ2n) is 6.63. The predicted octanol–water partition coefficient (Wildman–Crippen LogP) is 3.01. The van der Waals surface area contributed by atoms with E-state index in [-0.39, 0.29) is 37.5 Å². The number of rotatable bonds is 5. The first-order valence-corrected chi connectivity index (χ1v) is 9.07. The summed E-state index contributed by atoms with van der Waals surface area (Å²) >= 11 is 0. The van der Waals surface area contributed by atoms with E-state index in [4.69, 9.17) is 9.47 Å². The first-order valence-electron chi connectivity index (χ1n) is 9.07. The van der Waals surface area contributed by atoms with Crippen molar-refractivity contribution in [1.82, 2.24) is 0 Å². The van der Waals surface area contributed by atoms with E-state index in [1.165, 1.54) is 4.90 Å². The van der Waals surface area contributed by atoms with E-state index >= 15 is 0 Å². The highest BCUT2D eigenvalue weighted by atomic mass is 16.5. The summed E-state index contributed by atoms with van der Waals surface area (Å²) in [4.78, 5) is 38.2. The maximum atomic E-state index is 12.5. The molecule has 0 spiro atoms. The van der Waals surface area contributed by atoms with Crippen molar-refractivity contribution in [3.05, 3.63) is 54.1 Å². The van der Waals surface area contributed by atoms with Gasteiger partial charge in [0.2, 0.25) is 11.8 Å². The van der Waals surface area contributed by atoms with E-state index in [9.17, 15) is 14.4 Å². The molecule has 7 heteroatoms. The molecule has 1 heterocycles. The number of carbonyl (C=O) groups is 3. The van der Waals surface area contributed by atoms with E-state index in [0.29, 0.717) is 22.7 Å². The molecule has 0 aliphatic carbocycles. The fourth-order valence-corrected chi connectivity index (χ4v) is 2.81. The Balaban J connectivity index is 1.67. The monoisotopic (exact) mass is 382 g/mol. The van der Waals surface area contributed by atoms with Gasteiger partial charge < -0.3 is 14.8 Å². The molecule has 0 bridgehead atoms. The molecule has 3 rings (SSSR count). The molecular formula is C21H22N2O5. The summed E-state index contributed by atoms with van der Waals surface area (Å²) in [6.07, 6.45) is -0.000802. The highest BCUT2D eigenvalue weighted by molar-refractivity contribution is 6.03. The minimum Gasteiger partial charge on any atom is -0.491 e. The van der Waals surface area contributed by atoms with Crippen LogP contribution in [0.4, 0.5) is 11.4 Å². The summed E-state index contributed by atoms with van der Waals surface area (Å²) in [6.45, 7) is 3.71. The molecule has 0 aromatic heterocycles. The smallest absolute Gasteiger partial charge is 0.338 e. The number of amides is 2. The number of para-hydroxylation sites is 2. The quantitative estimate of drug-likeness (QED) is 0.804. The van der Waals surface area contributed by atoms with E-state index in [1.807, 2.05) is 6.07 Å². The first kappa shape index (κ1) is 19.4. The van der Waals surface area contributed by atoms with E-state index in [0.717, 1.165) is 0 Å². The second-order valence-corrected chi connectivity index (χ2v) is 6.63. The van der Waals surface area contributed by atoms with Gasteiger partial charge in [0, 0.05) is 5.69 Å². The third-order valence-corrected chi connectivity index (χ3v) is 4.08. The molecule has 1 aliphatic rings. The van der Waals surface area contributed by atoms with E-state index in [1.54, 1.807) is 56.3 Å². The van der Waals surface area contributed by atoms with Gasteiger partial charge in [0.15, 0.2) is 0 Å². The largest absolute Gasteiger partial charge is 0.491 e. The molecular weight excluding hydrogens is 360 g/mol. The van der Waals surface area contributed by atoms with Crippen LogP contribution >= 0.6 is 0 Å². The number of carbonyl (C=O) groups excluding carboxylic acids is 3. The zero-order chi connectivity index (χ0) is 20.1. The lowest BCUT2D eigenvalue weighted by molar-refractivity contribution is -0.121. The topological polar surface area (TPSA) is 84.9 Å². The van der Waals surface area contributed by atoms with Crippen molar-refractivity contribution in [1.29, 1.82) is 0 Å². The zero-order valence-corrected chi connectivity index (χ0v) is 15.8. The molecule has 1 N–H and O–H groups in total. The van der Waals surface area contributed by atoms with Crippen molar-refractivity contribution >= 4 is 29.2 Å². The number of fused-ring (bicyclic) bond motifs is 1. The van der Waals surface area contributed by atoms with Gasteiger partial charge in [0.1, 0.15) is 12.3 Å². The molecule has 2 aromatic carbocycles. The lowest BCUT2D eigenvalue weighted by Crippen LogP contribution is -2.37. The van der Waals surface area contributed by atoms with Crippen LogP contribution in [0.25, 0.3) is 0 Å². The number of hydrogen-bond acceptors (Lipinski definition) is 5. The average molecular weight is 382 g/mol. The molecule has 1 aliphatic heterocycles. The Kier molecular flexibility index (Phi) is 5.93. The number of nitrogens with one attached hydrogen (secondary N) is 1. The van der Waals surface area contributed by atoms with Crippen molar-refractivity contribution in [2.45, 2.75) is 26.4 Å². The summed E-state index contributed by atoms with van der Waals surface area (Å²) < 4.78 is 10.7. The summed E-state index contributed by atoms with van der Waals surface area (Å²) in [7, 11) is 0. The van der Waals surface area contributed by atoms with Gasteiger partial charge in [-0.3, -0.25) is 14.5 Å². The Labute approximate surface area is 163 Å². The Morgan fingerprint density at radius 3 is 2.57 bits per heavy atom. The number of hydrogen-bond donors (Lipinski definition) is 1. The molecule has 28 heavy (non-hydrogen) atoms. The van der Waals surface area contributed by atoms with Crippen LogP contribution in [-0.4, -0.2) is 37.0 Å². The summed E-state index contributed by atoms with van der Waals surface area (Å²) in [6, 6.07) is 13.5. The van der Waals surface area contributed by atoms with Gasteiger partial charge in [-0.25, -0.2) is 4.79 Å². The van der Waals surface area contributed by atoms with Gasteiger partial charge in [-0.2, -0.15) is 0 Å². The fourth-order valence-electron chi connectivity index (χ4n) is 2.81. The van der Waals surface area contributed by atoms with Crippen molar-refractivity contribution in [3.63, 3.8) is 0 Å². The Bertz CT molecular complexity index is 877. The lowest BCUT2D eigenvalue weighted by Gasteiger charge is -2.21. The average Bonchev–Trinajstić information content (AvgIpc) is 2.81. The Morgan fingerprint density at radius 1 is 1.14 bits per heavy atom. The van der Waals surface area contributed by atoms with Gasteiger partial charge >= 0.3 is 5.97 Å². The number of esters is 1. The normalized spacial score (nSPS) is 13.4. The molecule has 0 atom stereocenters. The third-order valence-electron chi connectivity index (χ3n) is 4.08. The highest BCUT2D eigenvalue weighted by Crippen LogP contribution is 2.30. The molecule has 0 saturated carbocycles. The molecule has 2 amide bonds. The minimum absolute atomic E-state index is 0.129. The second kappa shape index (κ2) is 8.56. The maximum absolute atomic E-state index is 12.5. The Hall–Kier alpha value is -3.35. The van der Waals surface area contributed by atoms with Crippen LogP contribution in [0.1, 0.15) is 30.6 Å². The SMILES string of the molecule is CC(C)OC(=O)c1ccc(NC(=O)CN2C(=O)CCOc3ccccc32)cc1. The summed E-state index contributed by atoms with van der Waals surface area (Å²) in [5, 5.41) is 2.74. The standard InChI is InChI=1S/C21H22N2O5/c1-14(2)28-21(26)15-7-9-16(10-8-15)22-19(24)13-23-17-5-3-4-6-18(17)27-12-11-20(23)25/h3-10,14H,11-13H2,1-2H3,(H,22,24). The van der Waals surface area contributed by atoms with Crippen LogP contribution in [0.3, 0.4) is 0 Å². The first-order chi connectivity index (χ1) is 13.4. The number of anilines is 2. The molecule has 0 unspecified atom stereocenters. The number of ether oxygens (including phenoxy) is 2. The van der Waals surface area contributed by atoms with Crippen LogP contribution < -0.4 is 15.0 Å². The third kappa shape index (κ3) is 4.68. The van der Waals surface area contributed by atoms with Crippen molar-refractivity contribution < 1.29 is 23.9 Å². The fraction of sp³-hybridized carbons (Fsp3) is 0.286. The van der Waals surface area contributed by atoms with Crippen molar-refractivity contribution in [3.8, 4) is 5.75 Å². The minimum atomic E-state index is -0.417. The molecule has 2 aromatic rings. The van der Waals surface area contributed by atoms with E-state index in [2.05, 4.69) is 5.32 Å². The van der Waals surface area contributed by atoms with Crippen molar-refractivity contribution in [2.75, 3.05) is 23.4 Å². The van der Waals surface area contributed by atoms with Crippen LogP contribution in [0.2, 0.25) is 0 Å². The maximum Gasteiger partial charge on any atom is 0.338 e. The van der Waals surface area contributed by atoms with E-state index < -0.39 is 5.97 Å². The van der Waals surface area contributed by atoms with Crippen molar-refractivity contribution in [2.24, 2.45) is 0 Å². The van der Waals surface area contributed by atoms with Gasteiger partial charge in [0.25, 0.3) is 0 Å². The number of nitrogens with zero attached hydrogens (tertiary/aromatic N) is 1. The zero-order valence-electron chi connectivity index (χ0n) is 15.8. The predicted molar refractivity (Wildman–Crippen MR) is 105 cm³/mol. The van der Waals surface area contributed by atoms with Crippen LogP contribution in [0.5, 0.6) is 5.75 Å². The molecule has 7 nitrogen and oxygen atoms in total. The molecule has 146 valence electrons. The number of benzene rings is 2. The van der Waals surface area contributed by atoms with Gasteiger partial charge in [0.05, 0.1) is 30.4 Å². The highest BCUT2D eigenvalue weighted by Gasteiger charge is 2.25.